The van der Waals surface area contributed by atoms with Crippen LogP contribution in [-0.2, 0) is 9.53 Å². The second-order valence-electron chi connectivity index (χ2n) is 5.35. The zero-order valence-corrected chi connectivity index (χ0v) is 12.2. The van der Waals surface area contributed by atoms with Crippen LogP contribution in [-0.4, -0.2) is 29.0 Å². The minimum atomic E-state index is -0.428. The molecule has 1 aliphatic rings. The second kappa shape index (κ2) is 6.51. The van der Waals surface area contributed by atoms with E-state index in [4.69, 9.17) is 4.74 Å². The molecule has 21 heavy (non-hydrogen) atoms. The van der Waals surface area contributed by atoms with Crippen molar-refractivity contribution in [1.82, 2.24) is 4.98 Å². The summed E-state index contributed by atoms with van der Waals surface area (Å²) in [5, 5.41) is 14.2. The smallest absolute Gasteiger partial charge is 0.311 e. The SMILES string of the molecule is COC(=O)C1CCC(Nc2ncc(C)cc2[N+](=O)[O-])CC1. The summed E-state index contributed by atoms with van der Waals surface area (Å²) in [6.07, 6.45) is 4.60. The molecule has 0 bridgehead atoms. The molecule has 114 valence electrons. The summed E-state index contributed by atoms with van der Waals surface area (Å²) in [6, 6.07) is 1.61. The molecule has 0 spiro atoms. The first-order chi connectivity index (χ1) is 10.0. The van der Waals surface area contributed by atoms with Gasteiger partial charge in [0.05, 0.1) is 18.0 Å². The van der Waals surface area contributed by atoms with E-state index in [0.29, 0.717) is 5.82 Å². The Labute approximate surface area is 122 Å². The van der Waals surface area contributed by atoms with Crippen LogP contribution in [0.25, 0.3) is 0 Å². The standard InChI is InChI=1S/C14H19N3O4/c1-9-7-12(17(19)20)13(15-8-9)16-11-5-3-10(4-6-11)14(18)21-2/h7-8,10-11H,3-6H2,1-2H3,(H,15,16). The molecule has 1 aliphatic carbocycles. The van der Waals surface area contributed by atoms with Gasteiger partial charge in [-0.3, -0.25) is 14.9 Å². The normalized spacial score (nSPS) is 21.6. The number of hydrogen-bond donors (Lipinski definition) is 1. The number of pyridine rings is 1. The number of carbonyl (C=O) groups excluding carboxylic acids is 1. The molecule has 1 N–H and O–H groups in total. The Balaban J connectivity index is 2.01. The first-order valence-corrected chi connectivity index (χ1v) is 6.96. The van der Waals surface area contributed by atoms with Crippen LogP contribution >= 0.6 is 0 Å². The number of anilines is 1. The Hall–Kier alpha value is -2.18. The minimum absolute atomic E-state index is 0.00917. The van der Waals surface area contributed by atoms with Gasteiger partial charge in [0.2, 0.25) is 5.82 Å². The van der Waals surface area contributed by atoms with Crippen molar-refractivity contribution >= 4 is 17.5 Å². The second-order valence-corrected chi connectivity index (χ2v) is 5.35. The molecule has 1 fully saturated rings. The summed E-state index contributed by atoms with van der Waals surface area (Å²) >= 11 is 0. The predicted molar refractivity (Wildman–Crippen MR) is 77.0 cm³/mol. The fourth-order valence-corrected chi connectivity index (χ4v) is 2.64. The lowest BCUT2D eigenvalue weighted by Gasteiger charge is -2.27. The molecular formula is C14H19N3O4. The minimum Gasteiger partial charge on any atom is -0.469 e. The quantitative estimate of drug-likeness (QED) is 0.520. The number of ether oxygens (including phenoxy) is 1. The van der Waals surface area contributed by atoms with Gasteiger partial charge in [0.25, 0.3) is 0 Å². The van der Waals surface area contributed by atoms with Crippen LogP contribution in [0.2, 0.25) is 0 Å². The van der Waals surface area contributed by atoms with Gasteiger partial charge in [-0.25, -0.2) is 4.98 Å². The van der Waals surface area contributed by atoms with E-state index in [-0.39, 0.29) is 23.6 Å². The van der Waals surface area contributed by atoms with Crippen molar-refractivity contribution in [3.05, 3.63) is 27.9 Å². The number of hydrogen-bond acceptors (Lipinski definition) is 6. The van der Waals surface area contributed by atoms with E-state index in [2.05, 4.69) is 10.3 Å². The van der Waals surface area contributed by atoms with E-state index < -0.39 is 4.92 Å². The molecule has 7 nitrogen and oxygen atoms in total. The molecule has 7 heteroatoms. The lowest BCUT2D eigenvalue weighted by molar-refractivity contribution is -0.384. The predicted octanol–water partition coefficient (Wildman–Crippen LogP) is 2.44. The van der Waals surface area contributed by atoms with Gasteiger partial charge in [0, 0.05) is 18.3 Å². The highest BCUT2D eigenvalue weighted by Crippen LogP contribution is 2.30. The van der Waals surface area contributed by atoms with E-state index in [1.807, 2.05) is 0 Å². The van der Waals surface area contributed by atoms with Crippen LogP contribution in [0, 0.1) is 23.0 Å². The van der Waals surface area contributed by atoms with Crippen molar-refractivity contribution in [2.75, 3.05) is 12.4 Å². The van der Waals surface area contributed by atoms with Gasteiger partial charge in [-0.2, -0.15) is 0 Å². The van der Waals surface area contributed by atoms with Crippen molar-refractivity contribution in [2.45, 2.75) is 38.6 Å². The topological polar surface area (TPSA) is 94.4 Å². The molecule has 2 rings (SSSR count). The van der Waals surface area contributed by atoms with Gasteiger partial charge in [0.15, 0.2) is 0 Å². The highest BCUT2D eigenvalue weighted by atomic mass is 16.6. The van der Waals surface area contributed by atoms with Crippen molar-refractivity contribution < 1.29 is 14.5 Å². The first-order valence-electron chi connectivity index (χ1n) is 6.96. The third-order valence-corrected chi connectivity index (χ3v) is 3.80. The fraction of sp³-hybridized carbons (Fsp3) is 0.571. The zero-order chi connectivity index (χ0) is 15.4. The number of nitrogens with zero attached hydrogens (tertiary/aromatic N) is 2. The highest BCUT2D eigenvalue weighted by Gasteiger charge is 2.28. The molecular weight excluding hydrogens is 274 g/mol. The molecule has 0 aromatic carbocycles. The maximum atomic E-state index is 11.5. The van der Waals surface area contributed by atoms with Gasteiger partial charge < -0.3 is 10.1 Å². The van der Waals surface area contributed by atoms with Gasteiger partial charge in [-0.15, -0.1) is 0 Å². The molecule has 0 atom stereocenters. The maximum absolute atomic E-state index is 11.5. The van der Waals surface area contributed by atoms with Gasteiger partial charge in [-0.1, -0.05) is 0 Å². The Morgan fingerprint density at radius 3 is 2.67 bits per heavy atom. The lowest BCUT2D eigenvalue weighted by Crippen LogP contribution is -2.30. The molecule has 1 aromatic rings. The van der Waals surface area contributed by atoms with Crippen molar-refractivity contribution in [3.63, 3.8) is 0 Å². The summed E-state index contributed by atoms with van der Waals surface area (Å²) in [7, 11) is 1.40. The fourth-order valence-electron chi connectivity index (χ4n) is 2.64. The van der Waals surface area contributed by atoms with E-state index >= 15 is 0 Å². The summed E-state index contributed by atoms with van der Waals surface area (Å²) < 4.78 is 4.75. The summed E-state index contributed by atoms with van der Waals surface area (Å²) in [5.74, 6) is 0.0639. The van der Waals surface area contributed by atoms with Gasteiger partial charge in [-0.05, 0) is 38.2 Å². The molecule has 0 saturated heterocycles. The number of nitro groups is 1. The molecule has 1 aromatic heterocycles. The highest BCUT2D eigenvalue weighted by molar-refractivity contribution is 5.72. The molecule has 0 radical (unpaired) electrons. The van der Waals surface area contributed by atoms with Crippen molar-refractivity contribution in [1.29, 1.82) is 0 Å². The van der Waals surface area contributed by atoms with Crippen LogP contribution < -0.4 is 5.32 Å². The Bertz CT molecular complexity index is 539. The van der Waals surface area contributed by atoms with Gasteiger partial charge in [0.1, 0.15) is 0 Å². The van der Waals surface area contributed by atoms with Crippen LogP contribution in [0.1, 0.15) is 31.2 Å². The summed E-state index contributed by atoms with van der Waals surface area (Å²) in [4.78, 5) is 26.2. The van der Waals surface area contributed by atoms with Crippen molar-refractivity contribution in [3.8, 4) is 0 Å². The Kier molecular flexibility index (Phi) is 4.72. The van der Waals surface area contributed by atoms with Crippen molar-refractivity contribution in [2.24, 2.45) is 5.92 Å². The average Bonchev–Trinajstić information content (AvgIpc) is 2.49. The number of esters is 1. The van der Waals surface area contributed by atoms with E-state index in [1.54, 1.807) is 13.1 Å². The van der Waals surface area contributed by atoms with Gasteiger partial charge >= 0.3 is 11.7 Å². The zero-order valence-electron chi connectivity index (χ0n) is 12.2. The number of aryl methyl sites for hydroxylation is 1. The van der Waals surface area contributed by atoms with E-state index in [1.165, 1.54) is 13.2 Å². The summed E-state index contributed by atoms with van der Waals surface area (Å²) in [5.41, 5.74) is 0.742. The Morgan fingerprint density at radius 1 is 1.43 bits per heavy atom. The van der Waals surface area contributed by atoms with Crippen LogP contribution in [0.4, 0.5) is 11.5 Å². The van der Waals surface area contributed by atoms with E-state index in [9.17, 15) is 14.9 Å². The maximum Gasteiger partial charge on any atom is 0.311 e. The van der Waals surface area contributed by atoms with Crippen LogP contribution in [0.15, 0.2) is 12.3 Å². The van der Waals surface area contributed by atoms with E-state index in [0.717, 1.165) is 31.2 Å². The molecule has 1 heterocycles. The largest absolute Gasteiger partial charge is 0.469 e. The number of carbonyl (C=O) groups is 1. The molecule has 0 aliphatic heterocycles. The molecule has 0 unspecified atom stereocenters. The van der Waals surface area contributed by atoms with Crippen LogP contribution in [0.5, 0.6) is 0 Å². The number of rotatable bonds is 4. The number of nitrogens with one attached hydrogen (secondary N) is 1. The number of aromatic nitrogens is 1. The monoisotopic (exact) mass is 293 g/mol. The third kappa shape index (κ3) is 3.68. The third-order valence-electron chi connectivity index (χ3n) is 3.80. The lowest BCUT2D eigenvalue weighted by atomic mass is 9.86. The molecule has 1 saturated carbocycles. The Morgan fingerprint density at radius 2 is 2.10 bits per heavy atom. The summed E-state index contributed by atoms with van der Waals surface area (Å²) in [6.45, 7) is 1.77. The molecule has 0 amide bonds. The first kappa shape index (κ1) is 15.2. The number of methoxy groups -OCH3 is 1. The van der Waals surface area contributed by atoms with Crippen LogP contribution in [0.3, 0.4) is 0 Å². The average molecular weight is 293 g/mol.